The molecule has 2 aliphatic rings. The third-order valence-corrected chi connectivity index (χ3v) is 9.35. The predicted octanol–water partition coefficient (Wildman–Crippen LogP) is 7.83. The van der Waals surface area contributed by atoms with Gasteiger partial charge in [-0.1, -0.05) is 59.9 Å². The quantitative estimate of drug-likeness (QED) is 0.216. The van der Waals surface area contributed by atoms with Crippen LogP contribution in [-0.2, 0) is 13.6 Å². The molecule has 4 aromatic carbocycles. The van der Waals surface area contributed by atoms with Gasteiger partial charge in [0.2, 0.25) is 0 Å². The fraction of sp³-hybridized carbons (Fsp3) is 0.0667. The minimum atomic E-state index is -4.94. The van der Waals surface area contributed by atoms with Gasteiger partial charge in [0.15, 0.2) is 0 Å². The van der Waals surface area contributed by atoms with Gasteiger partial charge < -0.3 is 23.4 Å². The molecule has 2 heterocycles. The van der Waals surface area contributed by atoms with Crippen molar-refractivity contribution in [1.29, 1.82) is 0 Å². The molecule has 196 valence electrons. The number of methoxy groups -OCH3 is 2. The Balaban J connectivity index is 1.42. The lowest BCUT2D eigenvalue weighted by atomic mass is 10.1. The van der Waals surface area contributed by atoms with Gasteiger partial charge in [-0.3, -0.25) is 0 Å². The molecule has 0 aromatic heterocycles. The number of benzene rings is 4. The molecule has 0 radical (unpaired) electrons. The Morgan fingerprint density at radius 2 is 1.05 bits per heavy atom. The van der Waals surface area contributed by atoms with Gasteiger partial charge >= 0.3 is 7.82 Å². The van der Waals surface area contributed by atoms with Crippen LogP contribution in [0.4, 0.5) is 0 Å². The fourth-order valence-corrected chi connectivity index (χ4v) is 7.20. The van der Waals surface area contributed by atoms with E-state index < -0.39 is 7.82 Å². The molecule has 6 nitrogen and oxygen atoms in total. The summed E-state index contributed by atoms with van der Waals surface area (Å²) in [7, 11) is -1.81. The first-order valence-corrected chi connectivity index (χ1v) is 15.1. The van der Waals surface area contributed by atoms with Crippen LogP contribution in [0.5, 0.6) is 11.5 Å². The summed E-state index contributed by atoms with van der Waals surface area (Å²) in [6.07, 6.45) is 3.43. The van der Waals surface area contributed by atoms with Gasteiger partial charge in [-0.2, -0.15) is 0 Å². The van der Waals surface area contributed by atoms with Crippen LogP contribution in [0, 0.1) is 0 Å². The Labute approximate surface area is 234 Å². The second kappa shape index (κ2) is 10.5. The molecular weight excluding hydrogens is 551 g/mol. The normalized spacial score (nSPS) is 13.7. The van der Waals surface area contributed by atoms with Crippen molar-refractivity contribution < 1.29 is 28.0 Å². The maximum absolute atomic E-state index is 13.6. The lowest BCUT2D eigenvalue weighted by molar-refractivity contribution is -0.213. The van der Waals surface area contributed by atoms with Gasteiger partial charge in [-0.15, -0.1) is 0 Å². The van der Waals surface area contributed by atoms with E-state index in [4.69, 9.17) is 18.5 Å². The highest BCUT2D eigenvalue weighted by Crippen LogP contribution is 2.53. The summed E-state index contributed by atoms with van der Waals surface area (Å²) < 4.78 is 35.9. The number of hydrogen-bond acceptors (Lipinski definition) is 8. The van der Waals surface area contributed by atoms with E-state index in [0.717, 1.165) is 30.7 Å². The second-order valence-corrected chi connectivity index (χ2v) is 12.1. The molecule has 0 aliphatic carbocycles. The van der Waals surface area contributed by atoms with Crippen LogP contribution in [0.2, 0.25) is 0 Å². The molecule has 0 spiro atoms. The lowest BCUT2D eigenvalue weighted by Crippen LogP contribution is -2.08. The topological polar surface area (TPSA) is 77.1 Å². The number of phosphoric ester groups is 1. The van der Waals surface area contributed by atoms with Crippen molar-refractivity contribution in [1.82, 2.24) is 0 Å². The summed E-state index contributed by atoms with van der Waals surface area (Å²) >= 11 is 3.06. The highest BCUT2D eigenvalue weighted by Gasteiger charge is 2.26. The van der Waals surface area contributed by atoms with Gasteiger partial charge in [0.1, 0.15) is 23.0 Å². The zero-order chi connectivity index (χ0) is 27.0. The highest BCUT2D eigenvalue weighted by molar-refractivity contribution is 7.99. The van der Waals surface area contributed by atoms with Gasteiger partial charge in [0, 0.05) is 30.7 Å². The number of ether oxygens (including phenoxy) is 2. The number of fused-ring (bicyclic) bond motifs is 4. The van der Waals surface area contributed by atoms with Crippen molar-refractivity contribution in [2.75, 3.05) is 14.2 Å². The van der Waals surface area contributed by atoms with Crippen molar-refractivity contribution in [3.05, 3.63) is 107 Å². The average molecular weight is 574 g/mol. The van der Waals surface area contributed by atoms with Gasteiger partial charge in [0.25, 0.3) is 0 Å². The SMILES string of the molecule is COc1ccc2c(c1)C(OP(=O)([O-])OC1=Cc3ccccc3Sc3ccc(OC)cc31)=Cc1ccccc1S2. The average Bonchev–Trinajstić information content (AvgIpc) is 3.19. The van der Waals surface area contributed by atoms with Crippen molar-refractivity contribution in [2.45, 2.75) is 19.6 Å². The molecule has 6 rings (SSSR count). The van der Waals surface area contributed by atoms with E-state index >= 15 is 0 Å². The van der Waals surface area contributed by atoms with E-state index in [9.17, 15) is 9.46 Å². The maximum atomic E-state index is 13.6. The standard InChI is InChI=1S/C30H23O6PS2/c1-33-21-11-13-29-23(17-21)25(15-19-7-3-5-9-27(19)38-29)35-37(31,32)36-26-16-20-8-4-6-10-28(20)39-30-14-12-22(34-2)18-24(26)30/h3-18H,1-2H3,(H,31,32)/p-1. The summed E-state index contributed by atoms with van der Waals surface area (Å²) in [4.78, 5) is 17.2. The molecule has 0 bridgehead atoms. The third kappa shape index (κ3) is 5.34. The molecule has 4 aromatic rings. The van der Waals surface area contributed by atoms with Gasteiger partial charge in [-0.05, 0) is 71.8 Å². The predicted molar refractivity (Wildman–Crippen MR) is 153 cm³/mol. The summed E-state index contributed by atoms with van der Waals surface area (Å²) in [6.45, 7) is 0. The van der Waals surface area contributed by atoms with Crippen LogP contribution in [0.3, 0.4) is 0 Å². The molecule has 0 atom stereocenters. The van der Waals surface area contributed by atoms with Crippen molar-refractivity contribution in [2.24, 2.45) is 0 Å². The van der Waals surface area contributed by atoms with Crippen LogP contribution in [0.1, 0.15) is 22.3 Å². The molecule has 0 saturated heterocycles. The summed E-state index contributed by atoms with van der Waals surface area (Å²) in [5.41, 5.74) is 2.85. The molecule has 9 heteroatoms. The summed E-state index contributed by atoms with van der Waals surface area (Å²) in [5, 5.41) is 0. The minimum absolute atomic E-state index is 0.148. The Hall–Kier alpha value is -3.55. The van der Waals surface area contributed by atoms with Crippen molar-refractivity contribution in [3.8, 4) is 11.5 Å². The Bertz CT molecular complexity index is 1580. The van der Waals surface area contributed by atoms with E-state index in [0.29, 0.717) is 22.6 Å². The first-order chi connectivity index (χ1) is 18.9. The van der Waals surface area contributed by atoms with E-state index in [1.54, 1.807) is 38.5 Å². The van der Waals surface area contributed by atoms with Crippen LogP contribution in [-0.4, -0.2) is 14.2 Å². The second-order valence-electron chi connectivity index (χ2n) is 8.65. The zero-order valence-corrected chi connectivity index (χ0v) is 23.5. The third-order valence-electron chi connectivity index (χ3n) is 6.18. The summed E-state index contributed by atoms with van der Waals surface area (Å²) in [6, 6.07) is 26.4. The molecule has 39 heavy (non-hydrogen) atoms. The molecule has 0 N–H and O–H groups in total. The van der Waals surface area contributed by atoms with Gasteiger partial charge in [-0.25, -0.2) is 4.57 Å². The van der Waals surface area contributed by atoms with E-state index in [1.807, 2.05) is 72.8 Å². The van der Waals surface area contributed by atoms with Crippen LogP contribution in [0.15, 0.2) is 105 Å². The number of phosphoric acid groups is 1. The van der Waals surface area contributed by atoms with E-state index in [2.05, 4.69) is 0 Å². The minimum Gasteiger partial charge on any atom is -0.736 e. The first-order valence-electron chi connectivity index (χ1n) is 12.0. The Morgan fingerprint density at radius 1 is 0.615 bits per heavy atom. The van der Waals surface area contributed by atoms with Gasteiger partial charge in [0.05, 0.1) is 14.2 Å². The zero-order valence-electron chi connectivity index (χ0n) is 21.0. The number of hydrogen-bond donors (Lipinski definition) is 0. The monoisotopic (exact) mass is 573 g/mol. The Kier molecular flexibility index (Phi) is 6.95. The van der Waals surface area contributed by atoms with Crippen LogP contribution >= 0.6 is 31.3 Å². The number of rotatable bonds is 6. The van der Waals surface area contributed by atoms with E-state index in [1.165, 1.54) is 23.5 Å². The largest absolute Gasteiger partial charge is 0.736 e. The molecule has 0 saturated carbocycles. The lowest BCUT2D eigenvalue weighted by Gasteiger charge is -2.27. The highest BCUT2D eigenvalue weighted by atomic mass is 32.2. The Morgan fingerprint density at radius 3 is 1.49 bits per heavy atom. The first kappa shape index (κ1) is 25.7. The van der Waals surface area contributed by atoms with Crippen LogP contribution in [0.25, 0.3) is 23.7 Å². The smallest absolute Gasteiger partial charge is 0.372 e. The fourth-order valence-electron chi connectivity index (χ4n) is 4.31. The molecule has 0 fully saturated rings. The molecule has 0 unspecified atom stereocenters. The molecule has 0 amide bonds. The van der Waals surface area contributed by atoms with Crippen molar-refractivity contribution in [3.63, 3.8) is 0 Å². The van der Waals surface area contributed by atoms with Crippen molar-refractivity contribution >= 4 is 55.0 Å². The summed E-state index contributed by atoms with van der Waals surface area (Å²) in [5.74, 6) is 1.46. The van der Waals surface area contributed by atoms with E-state index in [-0.39, 0.29) is 11.5 Å². The molecular formula is C30H22O6PS2-. The molecule has 2 aliphatic heterocycles. The maximum Gasteiger partial charge on any atom is 0.372 e. The van der Waals surface area contributed by atoms with Crippen LogP contribution < -0.4 is 14.4 Å².